The molecule has 1 aromatic heterocycles. The number of nitrogens with zero attached hydrogens (tertiary/aromatic N) is 2. The van der Waals surface area contributed by atoms with E-state index >= 15 is 0 Å². The smallest absolute Gasteiger partial charge is 0.228 e. The molecule has 1 aromatic rings. The lowest BCUT2D eigenvalue weighted by Gasteiger charge is -2.20. The van der Waals surface area contributed by atoms with Gasteiger partial charge in [0.2, 0.25) is 5.89 Å². The second kappa shape index (κ2) is 6.12. The predicted molar refractivity (Wildman–Crippen MR) is 63.6 cm³/mol. The fraction of sp³-hybridized carbons (Fsp3) is 0.833. The van der Waals surface area contributed by atoms with E-state index in [2.05, 4.69) is 17.1 Å². The Labute approximate surface area is 102 Å². The summed E-state index contributed by atoms with van der Waals surface area (Å²) < 4.78 is 10.8. The Bertz CT molecular complexity index is 334. The summed E-state index contributed by atoms with van der Waals surface area (Å²) in [5.41, 5.74) is 5.85. The van der Waals surface area contributed by atoms with E-state index in [9.17, 15) is 0 Å². The number of nitrogens with two attached hydrogens (primary N) is 1. The molecule has 0 bridgehead atoms. The zero-order chi connectivity index (χ0) is 12.1. The molecule has 0 saturated carbocycles. The number of rotatable bonds is 5. The molecule has 0 spiro atoms. The zero-order valence-corrected chi connectivity index (χ0v) is 10.4. The molecular weight excluding hydrogens is 218 g/mol. The Morgan fingerprint density at radius 2 is 2.35 bits per heavy atom. The van der Waals surface area contributed by atoms with Crippen LogP contribution >= 0.6 is 0 Å². The Morgan fingerprint density at radius 1 is 1.47 bits per heavy atom. The number of hydrogen-bond acceptors (Lipinski definition) is 5. The quantitative estimate of drug-likeness (QED) is 0.842. The van der Waals surface area contributed by atoms with Gasteiger partial charge in [-0.05, 0) is 25.7 Å². The molecular formula is C12H21N3O2. The lowest BCUT2D eigenvalue weighted by molar-refractivity contribution is 0.0153. The average Bonchev–Trinajstić information content (AvgIpc) is 2.77. The van der Waals surface area contributed by atoms with Crippen molar-refractivity contribution in [3.8, 4) is 0 Å². The first-order chi connectivity index (χ1) is 8.28. The first-order valence-corrected chi connectivity index (χ1v) is 6.46. The van der Waals surface area contributed by atoms with Crippen molar-refractivity contribution in [2.75, 3.05) is 6.61 Å². The Morgan fingerprint density at radius 3 is 3.06 bits per heavy atom. The van der Waals surface area contributed by atoms with E-state index in [1.807, 2.05) is 0 Å². The minimum absolute atomic E-state index is 0.106. The maximum atomic E-state index is 5.85. The third kappa shape index (κ3) is 3.78. The molecule has 0 radical (unpaired) electrons. The molecule has 2 atom stereocenters. The fourth-order valence-electron chi connectivity index (χ4n) is 2.00. The Kier molecular flexibility index (Phi) is 4.50. The standard InChI is InChI=1S/C12H21N3O2/c1-2-9(13)7-12-14-11(15-17-12)8-10-5-3-4-6-16-10/h9-10H,2-8,13H2,1H3. The lowest BCUT2D eigenvalue weighted by Crippen LogP contribution is -2.22. The van der Waals surface area contributed by atoms with Gasteiger partial charge in [-0.2, -0.15) is 4.98 Å². The molecule has 1 fully saturated rings. The largest absolute Gasteiger partial charge is 0.378 e. The van der Waals surface area contributed by atoms with E-state index in [-0.39, 0.29) is 12.1 Å². The van der Waals surface area contributed by atoms with Crippen molar-refractivity contribution in [3.63, 3.8) is 0 Å². The normalized spacial score (nSPS) is 22.6. The van der Waals surface area contributed by atoms with Crippen LogP contribution in [0.15, 0.2) is 4.52 Å². The molecule has 2 N–H and O–H groups in total. The summed E-state index contributed by atoms with van der Waals surface area (Å²) in [4.78, 5) is 4.35. The average molecular weight is 239 g/mol. The van der Waals surface area contributed by atoms with Gasteiger partial charge in [0.05, 0.1) is 6.10 Å². The maximum absolute atomic E-state index is 5.85. The van der Waals surface area contributed by atoms with Crippen molar-refractivity contribution in [1.82, 2.24) is 10.1 Å². The molecule has 0 aliphatic carbocycles. The monoisotopic (exact) mass is 239 g/mol. The van der Waals surface area contributed by atoms with Crippen LogP contribution in [-0.4, -0.2) is 28.9 Å². The molecule has 1 aliphatic heterocycles. The van der Waals surface area contributed by atoms with Gasteiger partial charge >= 0.3 is 0 Å². The highest BCUT2D eigenvalue weighted by Crippen LogP contribution is 2.16. The minimum Gasteiger partial charge on any atom is -0.378 e. The summed E-state index contributed by atoms with van der Waals surface area (Å²) in [6.45, 7) is 2.91. The van der Waals surface area contributed by atoms with E-state index in [0.717, 1.165) is 31.7 Å². The molecule has 1 saturated heterocycles. The van der Waals surface area contributed by atoms with E-state index < -0.39 is 0 Å². The highest BCUT2D eigenvalue weighted by molar-refractivity contribution is 4.91. The molecule has 2 unspecified atom stereocenters. The summed E-state index contributed by atoms with van der Waals surface area (Å²) >= 11 is 0. The van der Waals surface area contributed by atoms with Crippen LogP contribution in [0.25, 0.3) is 0 Å². The van der Waals surface area contributed by atoms with Crippen LogP contribution in [0.3, 0.4) is 0 Å². The van der Waals surface area contributed by atoms with Crippen molar-refractivity contribution in [3.05, 3.63) is 11.7 Å². The molecule has 5 heteroatoms. The van der Waals surface area contributed by atoms with Crippen molar-refractivity contribution < 1.29 is 9.26 Å². The van der Waals surface area contributed by atoms with Gasteiger partial charge in [-0.1, -0.05) is 12.1 Å². The molecule has 5 nitrogen and oxygen atoms in total. The van der Waals surface area contributed by atoms with E-state index in [1.54, 1.807) is 0 Å². The first-order valence-electron chi connectivity index (χ1n) is 6.46. The van der Waals surface area contributed by atoms with Crippen LogP contribution in [0, 0.1) is 0 Å². The van der Waals surface area contributed by atoms with Crippen molar-refractivity contribution in [2.24, 2.45) is 5.73 Å². The summed E-state index contributed by atoms with van der Waals surface area (Å²) in [5.74, 6) is 1.39. The van der Waals surface area contributed by atoms with Crippen molar-refractivity contribution in [1.29, 1.82) is 0 Å². The SMILES string of the molecule is CCC(N)Cc1nc(CC2CCCCO2)no1. The molecule has 0 amide bonds. The van der Waals surface area contributed by atoms with Crippen LogP contribution in [0.5, 0.6) is 0 Å². The van der Waals surface area contributed by atoms with Gasteiger partial charge in [0.15, 0.2) is 5.82 Å². The first kappa shape index (κ1) is 12.5. The van der Waals surface area contributed by atoms with Crippen LogP contribution < -0.4 is 5.73 Å². The molecule has 2 heterocycles. The van der Waals surface area contributed by atoms with E-state index in [1.165, 1.54) is 12.8 Å². The molecule has 1 aliphatic rings. The van der Waals surface area contributed by atoms with Crippen molar-refractivity contribution >= 4 is 0 Å². The highest BCUT2D eigenvalue weighted by atomic mass is 16.5. The summed E-state index contributed by atoms with van der Waals surface area (Å²) in [6, 6.07) is 0.106. The molecule has 17 heavy (non-hydrogen) atoms. The van der Waals surface area contributed by atoms with Gasteiger partial charge in [0.1, 0.15) is 0 Å². The maximum Gasteiger partial charge on any atom is 0.228 e. The lowest BCUT2D eigenvalue weighted by atomic mass is 10.1. The van der Waals surface area contributed by atoms with Crippen LogP contribution in [0.1, 0.15) is 44.3 Å². The highest BCUT2D eigenvalue weighted by Gasteiger charge is 2.18. The summed E-state index contributed by atoms with van der Waals surface area (Å²) in [7, 11) is 0. The second-order valence-corrected chi connectivity index (χ2v) is 4.67. The van der Waals surface area contributed by atoms with Gasteiger partial charge in [-0.3, -0.25) is 0 Å². The molecule has 0 aromatic carbocycles. The predicted octanol–water partition coefficient (Wildman–Crippen LogP) is 1.46. The molecule has 2 rings (SSSR count). The summed E-state index contributed by atoms with van der Waals surface area (Å²) in [6.07, 6.45) is 6.09. The third-order valence-corrected chi connectivity index (χ3v) is 3.16. The van der Waals surface area contributed by atoms with Gasteiger partial charge in [0.25, 0.3) is 0 Å². The topological polar surface area (TPSA) is 74.2 Å². The van der Waals surface area contributed by atoms with Gasteiger partial charge in [-0.25, -0.2) is 0 Å². The Balaban J connectivity index is 1.84. The van der Waals surface area contributed by atoms with E-state index in [0.29, 0.717) is 12.3 Å². The van der Waals surface area contributed by atoms with Gasteiger partial charge in [-0.15, -0.1) is 0 Å². The number of hydrogen-bond donors (Lipinski definition) is 1. The van der Waals surface area contributed by atoms with Crippen LogP contribution in [0.4, 0.5) is 0 Å². The number of ether oxygens (including phenoxy) is 1. The van der Waals surface area contributed by atoms with Crippen LogP contribution in [-0.2, 0) is 17.6 Å². The minimum atomic E-state index is 0.106. The fourth-order valence-corrected chi connectivity index (χ4v) is 2.00. The second-order valence-electron chi connectivity index (χ2n) is 4.67. The van der Waals surface area contributed by atoms with Gasteiger partial charge in [0, 0.05) is 25.5 Å². The summed E-state index contributed by atoms with van der Waals surface area (Å²) in [5, 5.41) is 3.98. The van der Waals surface area contributed by atoms with Crippen molar-refractivity contribution in [2.45, 2.75) is 57.6 Å². The Hall–Kier alpha value is -0.940. The van der Waals surface area contributed by atoms with E-state index in [4.69, 9.17) is 15.0 Å². The number of aromatic nitrogens is 2. The van der Waals surface area contributed by atoms with Crippen LogP contribution in [0.2, 0.25) is 0 Å². The zero-order valence-electron chi connectivity index (χ0n) is 10.4. The van der Waals surface area contributed by atoms with Gasteiger partial charge < -0.3 is 15.0 Å². The molecule has 96 valence electrons. The third-order valence-electron chi connectivity index (χ3n) is 3.16.